The van der Waals surface area contributed by atoms with E-state index in [1.807, 2.05) is 26.0 Å². The van der Waals surface area contributed by atoms with E-state index in [2.05, 4.69) is 16.7 Å². The van der Waals surface area contributed by atoms with Gasteiger partial charge in [0.15, 0.2) is 0 Å². The van der Waals surface area contributed by atoms with Gasteiger partial charge < -0.3 is 15.4 Å². The molecule has 1 unspecified atom stereocenters. The number of hydrogen-bond acceptors (Lipinski definition) is 3. The predicted molar refractivity (Wildman–Crippen MR) is 91.7 cm³/mol. The summed E-state index contributed by atoms with van der Waals surface area (Å²) in [5.74, 6) is 1.48. The first kappa shape index (κ1) is 18.8. The van der Waals surface area contributed by atoms with E-state index < -0.39 is 0 Å². The normalized spacial score (nSPS) is 16.5. The van der Waals surface area contributed by atoms with Gasteiger partial charge in [-0.3, -0.25) is 4.79 Å². The molecule has 1 aromatic rings. The maximum Gasteiger partial charge on any atom is 0.220 e. The van der Waals surface area contributed by atoms with E-state index in [-0.39, 0.29) is 24.4 Å². The highest BCUT2D eigenvalue weighted by atomic mass is 35.5. The second-order valence-electron chi connectivity index (χ2n) is 5.93. The summed E-state index contributed by atoms with van der Waals surface area (Å²) in [6.07, 6.45) is 2.81. The third-order valence-corrected chi connectivity index (χ3v) is 4.16. The average molecular weight is 327 g/mol. The van der Waals surface area contributed by atoms with E-state index in [4.69, 9.17) is 4.74 Å². The monoisotopic (exact) mass is 326 g/mol. The third-order valence-electron chi connectivity index (χ3n) is 4.16. The van der Waals surface area contributed by atoms with Crippen molar-refractivity contribution in [1.82, 2.24) is 10.6 Å². The summed E-state index contributed by atoms with van der Waals surface area (Å²) in [5, 5.41) is 6.43. The van der Waals surface area contributed by atoms with Crippen LogP contribution in [0.2, 0.25) is 0 Å². The third kappa shape index (κ3) is 5.18. The molecule has 0 aromatic heterocycles. The minimum absolute atomic E-state index is 0. The van der Waals surface area contributed by atoms with Gasteiger partial charge in [0.2, 0.25) is 5.91 Å². The van der Waals surface area contributed by atoms with Crippen molar-refractivity contribution in [3.63, 3.8) is 0 Å². The fraction of sp³-hybridized carbons (Fsp3) is 0.588. The van der Waals surface area contributed by atoms with Crippen molar-refractivity contribution >= 4 is 18.3 Å². The van der Waals surface area contributed by atoms with Crippen LogP contribution in [0.5, 0.6) is 5.75 Å². The van der Waals surface area contributed by atoms with Gasteiger partial charge in [0, 0.05) is 12.0 Å². The largest absolute Gasteiger partial charge is 0.496 e. The van der Waals surface area contributed by atoms with Crippen molar-refractivity contribution in [2.75, 3.05) is 20.2 Å². The van der Waals surface area contributed by atoms with E-state index >= 15 is 0 Å². The molecule has 1 fully saturated rings. The number of aryl methyl sites for hydroxylation is 1. The molecule has 1 aliphatic rings. The highest BCUT2D eigenvalue weighted by Gasteiger charge is 2.19. The van der Waals surface area contributed by atoms with E-state index in [9.17, 15) is 4.79 Å². The molecular formula is C17H27ClN2O2. The van der Waals surface area contributed by atoms with Crippen LogP contribution in [0.4, 0.5) is 0 Å². The Morgan fingerprint density at radius 3 is 2.73 bits per heavy atom. The Labute approximate surface area is 139 Å². The molecular weight excluding hydrogens is 300 g/mol. The number of nitrogens with one attached hydrogen (secondary N) is 2. The molecule has 1 heterocycles. The topological polar surface area (TPSA) is 50.4 Å². The summed E-state index contributed by atoms with van der Waals surface area (Å²) in [5.41, 5.74) is 2.21. The van der Waals surface area contributed by atoms with Crippen molar-refractivity contribution in [3.8, 4) is 5.75 Å². The van der Waals surface area contributed by atoms with Gasteiger partial charge in [-0.2, -0.15) is 0 Å². The Morgan fingerprint density at radius 2 is 2.09 bits per heavy atom. The van der Waals surface area contributed by atoms with Gasteiger partial charge in [0.25, 0.3) is 0 Å². The number of ether oxygens (including phenoxy) is 1. The Bertz CT molecular complexity index is 488. The first-order valence-electron chi connectivity index (χ1n) is 7.74. The van der Waals surface area contributed by atoms with Crippen LogP contribution in [-0.4, -0.2) is 26.1 Å². The lowest BCUT2D eigenvalue weighted by Crippen LogP contribution is -2.33. The fourth-order valence-corrected chi connectivity index (χ4v) is 2.92. The molecule has 22 heavy (non-hydrogen) atoms. The molecule has 0 saturated carbocycles. The minimum atomic E-state index is -0.0333. The summed E-state index contributed by atoms with van der Waals surface area (Å²) in [7, 11) is 1.66. The van der Waals surface area contributed by atoms with Gasteiger partial charge in [-0.05, 0) is 51.8 Å². The van der Waals surface area contributed by atoms with Crippen LogP contribution in [0.3, 0.4) is 0 Å². The van der Waals surface area contributed by atoms with Gasteiger partial charge in [-0.25, -0.2) is 0 Å². The second-order valence-corrected chi connectivity index (χ2v) is 5.93. The average Bonchev–Trinajstić information content (AvgIpc) is 2.48. The summed E-state index contributed by atoms with van der Waals surface area (Å²) in [4.78, 5) is 12.2. The van der Waals surface area contributed by atoms with Crippen LogP contribution in [0.1, 0.15) is 43.4 Å². The van der Waals surface area contributed by atoms with E-state index in [0.29, 0.717) is 12.3 Å². The zero-order valence-corrected chi connectivity index (χ0v) is 14.5. The second kappa shape index (κ2) is 9.01. The van der Waals surface area contributed by atoms with Crippen LogP contribution in [0, 0.1) is 12.8 Å². The standard InChI is InChI=1S/C17H26N2O2.ClH/c1-12-4-5-16(21-3)15(10-12)13(2)19-17(20)11-14-6-8-18-9-7-14;/h4-5,10,13-14,18H,6-9,11H2,1-3H3,(H,19,20);1H. The van der Waals surface area contributed by atoms with Gasteiger partial charge in [0.1, 0.15) is 5.75 Å². The SMILES string of the molecule is COc1ccc(C)cc1C(C)NC(=O)CC1CCNCC1.Cl. The van der Waals surface area contributed by atoms with Crippen LogP contribution < -0.4 is 15.4 Å². The highest BCUT2D eigenvalue weighted by Crippen LogP contribution is 2.26. The number of piperidine rings is 1. The van der Waals surface area contributed by atoms with Crippen LogP contribution in [0.25, 0.3) is 0 Å². The summed E-state index contributed by atoms with van der Waals surface area (Å²) >= 11 is 0. The maximum atomic E-state index is 12.2. The zero-order chi connectivity index (χ0) is 15.2. The molecule has 1 saturated heterocycles. The number of rotatable bonds is 5. The number of carbonyl (C=O) groups is 1. The Hall–Kier alpha value is -1.26. The molecule has 5 heteroatoms. The van der Waals surface area contributed by atoms with Crippen molar-refractivity contribution in [3.05, 3.63) is 29.3 Å². The van der Waals surface area contributed by atoms with Gasteiger partial charge in [-0.1, -0.05) is 17.7 Å². The molecule has 1 aromatic carbocycles. The van der Waals surface area contributed by atoms with E-state index in [0.717, 1.165) is 37.2 Å². The molecule has 0 spiro atoms. The van der Waals surface area contributed by atoms with Crippen LogP contribution in [0.15, 0.2) is 18.2 Å². The van der Waals surface area contributed by atoms with Crippen molar-refractivity contribution < 1.29 is 9.53 Å². The number of methoxy groups -OCH3 is 1. The molecule has 124 valence electrons. The van der Waals surface area contributed by atoms with E-state index in [1.165, 1.54) is 5.56 Å². The van der Waals surface area contributed by atoms with Gasteiger partial charge in [-0.15, -0.1) is 12.4 Å². The molecule has 2 rings (SSSR count). The lowest BCUT2D eigenvalue weighted by molar-refractivity contribution is -0.122. The van der Waals surface area contributed by atoms with Crippen molar-refractivity contribution in [2.24, 2.45) is 5.92 Å². The fourth-order valence-electron chi connectivity index (χ4n) is 2.92. The Balaban J connectivity index is 0.00000242. The molecule has 0 bridgehead atoms. The quantitative estimate of drug-likeness (QED) is 0.874. The first-order valence-corrected chi connectivity index (χ1v) is 7.74. The lowest BCUT2D eigenvalue weighted by atomic mass is 9.94. The summed E-state index contributed by atoms with van der Waals surface area (Å²) in [6, 6.07) is 6.02. The predicted octanol–water partition coefficient (Wildman–Crippen LogP) is 2.99. The number of hydrogen-bond donors (Lipinski definition) is 2. The number of carbonyl (C=O) groups excluding carboxylic acids is 1. The molecule has 1 aliphatic heterocycles. The molecule has 1 atom stereocenters. The number of amides is 1. The minimum Gasteiger partial charge on any atom is -0.496 e. The van der Waals surface area contributed by atoms with Crippen molar-refractivity contribution in [1.29, 1.82) is 0 Å². The lowest BCUT2D eigenvalue weighted by Gasteiger charge is -2.23. The molecule has 0 radical (unpaired) electrons. The first-order chi connectivity index (χ1) is 10.1. The highest BCUT2D eigenvalue weighted by molar-refractivity contribution is 5.85. The van der Waals surface area contributed by atoms with Gasteiger partial charge >= 0.3 is 0 Å². The summed E-state index contributed by atoms with van der Waals surface area (Å²) in [6.45, 7) is 6.11. The Kier molecular flexibility index (Phi) is 7.69. The van der Waals surface area contributed by atoms with Crippen molar-refractivity contribution in [2.45, 2.75) is 39.2 Å². The maximum absolute atomic E-state index is 12.2. The molecule has 2 N–H and O–H groups in total. The number of halogens is 1. The zero-order valence-electron chi connectivity index (χ0n) is 13.6. The Morgan fingerprint density at radius 1 is 1.41 bits per heavy atom. The van der Waals surface area contributed by atoms with E-state index in [1.54, 1.807) is 7.11 Å². The molecule has 1 amide bonds. The molecule has 4 nitrogen and oxygen atoms in total. The summed E-state index contributed by atoms with van der Waals surface area (Å²) < 4.78 is 5.39. The van der Waals surface area contributed by atoms with Crippen LogP contribution in [-0.2, 0) is 4.79 Å². The number of benzene rings is 1. The van der Waals surface area contributed by atoms with Gasteiger partial charge in [0.05, 0.1) is 13.2 Å². The molecule has 0 aliphatic carbocycles. The smallest absolute Gasteiger partial charge is 0.220 e. The van der Waals surface area contributed by atoms with Crippen LogP contribution >= 0.6 is 12.4 Å².